The molecule has 24 heavy (non-hydrogen) atoms. The first-order chi connectivity index (χ1) is 11.6. The smallest absolute Gasteiger partial charge is 0.300 e. The zero-order valence-corrected chi connectivity index (χ0v) is 12.7. The highest BCUT2D eigenvalue weighted by Gasteiger charge is 2.18. The number of benzene rings is 3. The van der Waals surface area contributed by atoms with Gasteiger partial charge in [0.05, 0.1) is 12.0 Å². The van der Waals surface area contributed by atoms with E-state index in [9.17, 15) is 15.2 Å². The number of hydrogen-bond acceptors (Lipinski definition) is 6. The number of aromatic hydroxyl groups is 1. The van der Waals surface area contributed by atoms with Crippen LogP contribution in [0.25, 0.3) is 10.8 Å². The SMILES string of the molecule is COc1cccc([N+](=O)[O-])c1N=Nc1c(O)ccc2ccccc12. The van der Waals surface area contributed by atoms with Gasteiger partial charge in [0.2, 0.25) is 5.69 Å². The van der Waals surface area contributed by atoms with Gasteiger partial charge >= 0.3 is 5.69 Å². The van der Waals surface area contributed by atoms with Crippen molar-refractivity contribution < 1.29 is 14.8 Å². The first kappa shape index (κ1) is 15.4. The maximum absolute atomic E-state index is 11.2. The van der Waals surface area contributed by atoms with E-state index in [2.05, 4.69) is 10.2 Å². The summed E-state index contributed by atoms with van der Waals surface area (Å²) in [4.78, 5) is 10.6. The summed E-state index contributed by atoms with van der Waals surface area (Å²) in [5.74, 6) is 0.169. The monoisotopic (exact) mass is 323 g/mol. The molecule has 0 bridgehead atoms. The van der Waals surface area contributed by atoms with Gasteiger partial charge in [0.1, 0.15) is 11.4 Å². The van der Waals surface area contributed by atoms with Crippen LogP contribution in [0.1, 0.15) is 0 Å². The van der Waals surface area contributed by atoms with E-state index in [4.69, 9.17) is 4.74 Å². The maximum Gasteiger partial charge on any atom is 0.300 e. The molecule has 0 saturated heterocycles. The fourth-order valence-electron chi connectivity index (χ4n) is 2.37. The van der Waals surface area contributed by atoms with Crippen LogP contribution in [0.4, 0.5) is 17.1 Å². The van der Waals surface area contributed by atoms with Crippen molar-refractivity contribution in [2.45, 2.75) is 0 Å². The third kappa shape index (κ3) is 2.74. The van der Waals surface area contributed by atoms with Gasteiger partial charge in [0.25, 0.3) is 0 Å². The minimum Gasteiger partial charge on any atom is -0.506 e. The van der Waals surface area contributed by atoms with Crippen molar-refractivity contribution >= 4 is 27.8 Å². The lowest BCUT2D eigenvalue weighted by molar-refractivity contribution is -0.384. The lowest BCUT2D eigenvalue weighted by atomic mass is 10.1. The molecule has 0 aliphatic carbocycles. The Labute approximate surface area is 137 Å². The molecule has 3 rings (SSSR count). The molecule has 7 heteroatoms. The molecule has 0 radical (unpaired) electrons. The number of phenolic OH excluding ortho intramolecular Hbond substituents is 1. The molecule has 7 nitrogen and oxygen atoms in total. The molecule has 1 N–H and O–H groups in total. The maximum atomic E-state index is 11.2. The fourth-order valence-corrected chi connectivity index (χ4v) is 2.37. The molecule has 0 spiro atoms. The second kappa shape index (κ2) is 6.33. The molecule has 0 amide bonds. The van der Waals surface area contributed by atoms with Crippen LogP contribution < -0.4 is 4.74 Å². The normalized spacial score (nSPS) is 11.0. The molecule has 0 aliphatic rings. The van der Waals surface area contributed by atoms with Crippen LogP contribution >= 0.6 is 0 Å². The Morgan fingerprint density at radius 2 is 1.75 bits per heavy atom. The van der Waals surface area contributed by atoms with E-state index in [0.29, 0.717) is 5.39 Å². The van der Waals surface area contributed by atoms with Gasteiger partial charge in [-0.2, -0.15) is 0 Å². The summed E-state index contributed by atoms with van der Waals surface area (Å²) in [5, 5.41) is 30.8. The average molecular weight is 323 g/mol. The number of nitro benzene ring substituents is 1. The number of hydrogen-bond donors (Lipinski definition) is 1. The van der Waals surface area contributed by atoms with Crippen LogP contribution in [-0.4, -0.2) is 17.1 Å². The third-order valence-corrected chi connectivity index (χ3v) is 3.52. The van der Waals surface area contributed by atoms with Crippen molar-refractivity contribution in [3.05, 3.63) is 64.7 Å². The molecule has 120 valence electrons. The minimum atomic E-state index is -0.556. The van der Waals surface area contributed by atoms with Crippen molar-refractivity contribution in [2.75, 3.05) is 7.11 Å². The summed E-state index contributed by atoms with van der Waals surface area (Å²) in [6.07, 6.45) is 0. The van der Waals surface area contributed by atoms with E-state index < -0.39 is 4.92 Å². The molecule has 0 saturated carbocycles. The Balaban J connectivity index is 2.16. The Hall–Kier alpha value is -3.48. The summed E-state index contributed by atoms with van der Waals surface area (Å²) < 4.78 is 5.12. The molecule has 0 aromatic heterocycles. The van der Waals surface area contributed by atoms with Crippen LogP contribution in [0.2, 0.25) is 0 Å². The van der Waals surface area contributed by atoms with E-state index in [1.807, 2.05) is 18.2 Å². The minimum absolute atomic E-state index is 0.00247. The molecule has 0 aliphatic heterocycles. The average Bonchev–Trinajstić information content (AvgIpc) is 2.60. The van der Waals surface area contributed by atoms with E-state index >= 15 is 0 Å². The highest BCUT2D eigenvalue weighted by atomic mass is 16.6. The molecule has 0 atom stereocenters. The van der Waals surface area contributed by atoms with Crippen LogP contribution in [0.5, 0.6) is 11.5 Å². The van der Waals surface area contributed by atoms with Crippen LogP contribution in [0.15, 0.2) is 64.8 Å². The van der Waals surface area contributed by atoms with Gasteiger partial charge in [-0.05, 0) is 17.5 Å². The van der Waals surface area contributed by atoms with E-state index in [1.54, 1.807) is 18.2 Å². The summed E-state index contributed by atoms with van der Waals surface area (Å²) in [7, 11) is 1.40. The quantitative estimate of drug-likeness (QED) is 0.420. The van der Waals surface area contributed by atoms with E-state index in [1.165, 1.54) is 25.3 Å². The summed E-state index contributed by atoms with van der Waals surface area (Å²) in [6, 6.07) is 15.0. The number of rotatable bonds is 4. The van der Waals surface area contributed by atoms with Crippen LogP contribution in [-0.2, 0) is 0 Å². The van der Waals surface area contributed by atoms with Gasteiger partial charge in [0.15, 0.2) is 5.75 Å². The number of fused-ring (bicyclic) bond motifs is 1. The highest BCUT2D eigenvalue weighted by molar-refractivity contribution is 5.95. The highest BCUT2D eigenvalue weighted by Crippen LogP contribution is 2.40. The third-order valence-electron chi connectivity index (χ3n) is 3.52. The number of nitro groups is 1. The summed E-state index contributed by atoms with van der Waals surface area (Å²) in [6.45, 7) is 0. The topological polar surface area (TPSA) is 97.3 Å². The van der Waals surface area contributed by atoms with Crippen molar-refractivity contribution in [1.82, 2.24) is 0 Å². The van der Waals surface area contributed by atoms with Crippen LogP contribution in [0.3, 0.4) is 0 Å². The number of ether oxygens (including phenoxy) is 1. The molecule has 3 aromatic carbocycles. The lowest BCUT2D eigenvalue weighted by Gasteiger charge is -2.05. The fraction of sp³-hybridized carbons (Fsp3) is 0.0588. The zero-order valence-electron chi connectivity index (χ0n) is 12.7. The van der Waals surface area contributed by atoms with E-state index in [0.717, 1.165) is 5.39 Å². The first-order valence-corrected chi connectivity index (χ1v) is 7.05. The van der Waals surface area contributed by atoms with Crippen molar-refractivity contribution in [1.29, 1.82) is 0 Å². The lowest BCUT2D eigenvalue weighted by Crippen LogP contribution is -1.91. The van der Waals surface area contributed by atoms with Crippen LogP contribution in [0, 0.1) is 10.1 Å². The van der Waals surface area contributed by atoms with Crippen molar-refractivity contribution in [3.8, 4) is 11.5 Å². The van der Waals surface area contributed by atoms with Gasteiger partial charge in [-0.1, -0.05) is 36.4 Å². The predicted molar refractivity (Wildman–Crippen MR) is 89.4 cm³/mol. The van der Waals surface area contributed by atoms with E-state index in [-0.39, 0.29) is 28.6 Å². The number of nitrogens with zero attached hydrogens (tertiary/aromatic N) is 3. The Bertz CT molecular complexity index is 954. The molecule has 0 heterocycles. The standard InChI is InChI=1S/C17H13N3O4/c1-24-15-8-4-7-13(20(22)23)17(15)19-18-16-12-6-3-2-5-11(12)9-10-14(16)21/h2-10,21H,1H3. The van der Waals surface area contributed by atoms with Crippen molar-refractivity contribution in [3.63, 3.8) is 0 Å². The molecular formula is C17H13N3O4. The first-order valence-electron chi connectivity index (χ1n) is 7.05. The molecule has 0 unspecified atom stereocenters. The Kier molecular flexibility index (Phi) is 4.07. The Morgan fingerprint density at radius 1 is 1.00 bits per heavy atom. The van der Waals surface area contributed by atoms with Gasteiger partial charge in [0, 0.05) is 11.5 Å². The van der Waals surface area contributed by atoms with Gasteiger partial charge in [-0.15, -0.1) is 10.2 Å². The molecule has 0 fully saturated rings. The van der Waals surface area contributed by atoms with Gasteiger partial charge in [-0.25, -0.2) is 0 Å². The summed E-state index contributed by atoms with van der Waals surface area (Å²) >= 11 is 0. The second-order valence-corrected chi connectivity index (χ2v) is 4.94. The summed E-state index contributed by atoms with van der Waals surface area (Å²) in [5.41, 5.74) is 0.0171. The Morgan fingerprint density at radius 3 is 2.50 bits per heavy atom. The van der Waals surface area contributed by atoms with Gasteiger partial charge < -0.3 is 9.84 Å². The molecule has 3 aromatic rings. The molecular weight excluding hydrogens is 310 g/mol. The second-order valence-electron chi connectivity index (χ2n) is 4.94. The number of azo groups is 1. The number of phenols is 1. The van der Waals surface area contributed by atoms with Gasteiger partial charge in [-0.3, -0.25) is 10.1 Å². The zero-order chi connectivity index (χ0) is 17.1. The van der Waals surface area contributed by atoms with Crippen molar-refractivity contribution in [2.24, 2.45) is 10.2 Å². The number of methoxy groups -OCH3 is 1. The predicted octanol–water partition coefficient (Wildman–Crippen LogP) is 4.88. The largest absolute Gasteiger partial charge is 0.506 e.